The van der Waals surface area contributed by atoms with E-state index in [0.29, 0.717) is 0 Å². The van der Waals surface area contributed by atoms with Gasteiger partial charge in [-0.3, -0.25) is 0 Å². The summed E-state index contributed by atoms with van der Waals surface area (Å²) in [6.45, 7) is 4.79. The number of hydrogen-bond acceptors (Lipinski definition) is 0. The molecule has 0 saturated carbocycles. The zero-order chi connectivity index (χ0) is 32.4. The first kappa shape index (κ1) is 27.0. The van der Waals surface area contributed by atoms with Crippen LogP contribution in [0.2, 0.25) is 0 Å². The highest BCUT2D eigenvalue weighted by molar-refractivity contribution is 6.25. The SMILES string of the molecule is CC1(C)c2cc(-c3ccc4ccc5c6ccccc6ccc5c4c3)ccc2-c2ccc(-c3ccc4ccc5cccc6ccc3c4c56)cc21. The predicted molar refractivity (Wildman–Crippen MR) is 211 cm³/mol. The molecule has 0 aromatic heterocycles. The van der Waals surface area contributed by atoms with Crippen LogP contribution in [0.25, 0.3) is 98.0 Å². The molecule has 0 unspecified atom stereocenters. The smallest absolute Gasteiger partial charge is 0.0159 e. The standard InChI is InChI=1S/C49H32/c1-49(2)45-27-35(34-13-10-30-15-21-39-37-9-4-3-6-29(37)14-22-40(39)44(30)26-34)18-23-41(45)42-24-19-36(28-46(42)49)38-20-16-33-12-11-31-7-5-8-32-17-25-43(38)48(33)47(31)32/h3-28H,1-2H3. The molecule has 11 rings (SSSR count). The van der Waals surface area contributed by atoms with E-state index in [0.717, 1.165) is 0 Å². The third-order valence-corrected chi connectivity index (χ3v) is 11.6. The van der Waals surface area contributed by atoms with Gasteiger partial charge in [0.15, 0.2) is 0 Å². The molecule has 0 radical (unpaired) electrons. The van der Waals surface area contributed by atoms with Gasteiger partial charge in [0.05, 0.1) is 0 Å². The first-order valence-electron chi connectivity index (χ1n) is 17.3. The molecule has 0 spiro atoms. The van der Waals surface area contributed by atoms with Crippen molar-refractivity contribution in [2.75, 3.05) is 0 Å². The average Bonchev–Trinajstić information content (AvgIpc) is 3.38. The molecular formula is C49H32. The van der Waals surface area contributed by atoms with E-state index < -0.39 is 0 Å². The van der Waals surface area contributed by atoms with Crippen molar-refractivity contribution in [3.63, 3.8) is 0 Å². The molecule has 0 heterocycles. The van der Waals surface area contributed by atoms with Gasteiger partial charge in [-0.2, -0.15) is 0 Å². The molecule has 0 nitrogen and oxygen atoms in total. The summed E-state index contributed by atoms with van der Waals surface area (Å²) in [5.74, 6) is 0. The Kier molecular flexibility index (Phi) is 5.27. The van der Waals surface area contributed by atoms with E-state index in [9.17, 15) is 0 Å². The lowest BCUT2D eigenvalue weighted by molar-refractivity contribution is 0.661. The maximum atomic E-state index is 2.47. The molecule has 0 aliphatic heterocycles. The van der Waals surface area contributed by atoms with Crippen molar-refractivity contribution in [3.05, 3.63) is 169 Å². The Morgan fingerprint density at radius 1 is 0.306 bits per heavy atom. The Balaban J connectivity index is 1.03. The molecule has 10 aromatic rings. The van der Waals surface area contributed by atoms with Crippen LogP contribution in [-0.2, 0) is 5.41 Å². The van der Waals surface area contributed by atoms with Crippen LogP contribution in [0.1, 0.15) is 25.0 Å². The van der Waals surface area contributed by atoms with E-state index >= 15 is 0 Å². The molecule has 1 aliphatic rings. The van der Waals surface area contributed by atoms with Gasteiger partial charge in [-0.15, -0.1) is 0 Å². The lowest BCUT2D eigenvalue weighted by Gasteiger charge is -2.23. The Hall–Kier alpha value is -5.98. The van der Waals surface area contributed by atoms with Crippen LogP contribution in [0.5, 0.6) is 0 Å². The summed E-state index contributed by atoms with van der Waals surface area (Å²) < 4.78 is 0. The van der Waals surface area contributed by atoms with Gasteiger partial charge in [0.25, 0.3) is 0 Å². The zero-order valence-electron chi connectivity index (χ0n) is 27.5. The van der Waals surface area contributed by atoms with Crippen LogP contribution in [0.3, 0.4) is 0 Å². The summed E-state index contributed by atoms with van der Waals surface area (Å²) in [6.07, 6.45) is 0. The second kappa shape index (κ2) is 9.56. The third-order valence-electron chi connectivity index (χ3n) is 11.6. The van der Waals surface area contributed by atoms with E-state index in [4.69, 9.17) is 0 Å². The van der Waals surface area contributed by atoms with Crippen molar-refractivity contribution >= 4 is 64.6 Å². The molecule has 0 heteroatoms. The average molecular weight is 621 g/mol. The van der Waals surface area contributed by atoms with Crippen LogP contribution >= 0.6 is 0 Å². The Morgan fingerprint density at radius 3 is 1.59 bits per heavy atom. The van der Waals surface area contributed by atoms with Crippen LogP contribution < -0.4 is 0 Å². The molecule has 0 N–H and O–H groups in total. The minimum Gasteiger partial charge on any atom is -0.0616 e. The van der Waals surface area contributed by atoms with Gasteiger partial charge in [0.1, 0.15) is 0 Å². The summed E-state index contributed by atoms with van der Waals surface area (Å²) >= 11 is 0. The quantitative estimate of drug-likeness (QED) is 0.169. The molecule has 0 bridgehead atoms. The van der Waals surface area contributed by atoms with Gasteiger partial charge in [0, 0.05) is 5.41 Å². The molecule has 1 aliphatic carbocycles. The molecule has 0 amide bonds. The van der Waals surface area contributed by atoms with E-state index in [1.807, 2.05) is 0 Å². The second-order valence-corrected chi connectivity index (χ2v) is 14.5. The minimum atomic E-state index is -0.122. The van der Waals surface area contributed by atoms with Gasteiger partial charge >= 0.3 is 0 Å². The molecule has 0 fully saturated rings. The molecular weight excluding hydrogens is 589 g/mol. The van der Waals surface area contributed by atoms with Gasteiger partial charge in [-0.1, -0.05) is 153 Å². The largest absolute Gasteiger partial charge is 0.0616 e. The maximum Gasteiger partial charge on any atom is 0.0159 e. The first-order valence-corrected chi connectivity index (χ1v) is 17.3. The third kappa shape index (κ3) is 3.69. The lowest BCUT2D eigenvalue weighted by atomic mass is 9.80. The highest BCUT2D eigenvalue weighted by Crippen LogP contribution is 2.51. The van der Waals surface area contributed by atoms with E-state index in [-0.39, 0.29) is 5.41 Å². The lowest BCUT2D eigenvalue weighted by Crippen LogP contribution is -2.15. The maximum absolute atomic E-state index is 2.47. The van der Waals surface area contributed by atoms with Crippen LogP contribution in [0, 0.1) is 0 Å². The second-order valence-electron chi connectivity index (χ2n) is 14.5. The van der Waals surface area contributed by atoms with Crippen molar-refractivity contribution < 1.29 is 0 Å². The summed E-state index contributed by atoms with van der Waals surface area (Å²) in [5, 5.41) is 15.8. The Labute approximate surface area is 285 Å². The molecule has 0 atom stereocenters. The van der Waals surface area contributed by atoms with Crippen molar-refractivity contribution in [2.45, 2.75) is 19.3 Å². The monoisotopic (exact) mass is 620 g/mol. The Bertz CT molecular complexity index is 2990. The number of hydrogen-bond donors (Lipinski definition) is 0. The predicted octanol–water partition coefficient (Wildman–Crippen LogP) is 13.7. The van der Waals surface area contributed by atoms with Gasteiger partial charge in [0.2, 0.25) is 0 Å². The van der Waals surface area contributed by atoms with E-state index in [2.05, 4.69) is 172 Å². The Morgan fingerprint density at radius 2 is 0.796 bits per heavy atom. The van der Waals surface area contributed by atoms with Crippen LogP contribution in [0.15, 0.2) is 158 Å². The molecule has 10 aromatic carbocycles. The van der Waals surface area contributed by atoms with Crippen molar-refractivity contribution in [2.24, 2.45) is 0 Å². The van der Waals surface area contributed by atoms with Crippen LogP contribution in [0.4, 0.5) is 0 Å². The van der Waals surface area contributed by atoms with Gasteiger partial charge in [-0.25, -0.2) is 0 Å². The number of rotatable bonds is 2. The fourth-order valence-corrected chi connectivity index (χ4v) is 9.07. The van der Waals surface area contributed by atoms with Crippen LogP contribution in [-0.4, -0.2) is 0 Å². The van der Waals surface area contributed by atoms with Gasteiger partial charge in [-0.05, 0) is 127 Å². The fraction of sp³-hybridized carbons (Fsp3) is 0.0612. The molecule has 228 valence electrons. The van der Waals surface area contributed by atoms with Crippen molar-refractivity contribution in [1.29, 1.82) is 0 Å². The summed E-state index contributed by atoms with van der Waals surface area (Å²) in [6, 6.07) is 59.5. The first-order chi connectivity index (χ1) is 24.0. The van der Waals surface area contributed by atoms with Gasteiger partial charge < -0.3 is 0 Å². The molecule has 0 saturated heterocycles. The fourth-order valence-electron chi connectivity index (χ4n) is 9.07. The normalized spacial score (nSPS) is 13.7. The van der Waals surface area contributed by atoms with Crippen molar-refractivity contribution in [3.8, 4) is 33.4 Å². The molecule has 49 heavy (non-hydrogen) atoms. The number of fused-ring (bicyclic) bond motifs is 8. The summed E-state index contributed by atoms with van der Waals surface area (Å²) in [7, 11) is 0. The topological polar surface area (TPSA) is 0 Å². The zero-order valence-corrected chi connectivity index (χ0v) is 27.5. The van der Waals surface area contributed by atoms with E-state index in [1.54, 1.807) is 0 Å². The highest BCUT2D eigenvalue weighted by atomic mass is 14.4. The summed E-state index contributed by atoms with van der Waals surface area (Å²) in [5.41, 5.74) is 10.5. The minimum absolute atomic E-state index is 0.122. The van der Waals surface area contributed by atoms with E-state index in [1.165, 1.54) is 109 Å². The highest BCUT2D eigenvalue weighted by Gasteiger charge is 2.36. The number of benzene rings is 10. The van der Waals surface area contributed by atoms with Crippen molar-refractivity contribution in [1.82, 2.24) is 0 Å². The summed E-state index contributed by atoms with van der Waals surface area (Å²) in [4.78, 5) is 0.